The Hall–Kier alpha value is -3.84. The fourth-order valence-electron chi connectivity index (χ4n) is 3.95. The summed E-state index contributed by atoms with van der Waals surface area (Å²) < 4.78 is 7.67. The third kappa shape index (κ3) is 4.02. The Balaban J connectivity index is 1.41. The molecular formula is C25H23N5O2. The smallest absolute Gasteiger partial charge is 0.255 e. The van der Waals surface area contributed by atoms with Gasteiger partial charge in [-0.25, -0.2) is 4.98 Å². The molecular weight excluding hydrogens is 402 g/mol. The lowest BCUT2D eigenvalue weighted by Crippen LogP contribution is -2.41. The highest BCUT2D eigenvalue weighted by molar-refractivity contribution is 5.63. The second-order valence-corrected chi connectivity index (χ2v) is 7.74. The van der Waals surface area contributed by atoms with Crippen LogP contribution in [0.4, 0.5) is 5.95 Å². The van der Waals surface area contributed by atoms with E-state index in [1.807, 2.05) is 24.3 Å². The van der Waals surface area contributed by atoms with E-state index in [2.05, 4.69) is 39.1 Å². The lowest BCUT2D eigenvalue weighted by Gasteiger charge is -2.34. The predicted octanol–water partition coefficient (Wildman–Crippen LogP) is 3.48. The van der Waals surface area contributed by atoms with Crippen molar-refractivity contribution in [3.05, 3.63) is 95.3 Å². The van der Waals surface area contributed by atoms with Crippen molar-refractivity contribution >= 4 is 5.95 Å². The largest absolute Gasteiger partial charge is 0.370 e. The van der Waals surface area contributed by atoms with Crippen molar-refractivity contribution in [2.75, 3.05) is 24.6 Å². The van der Waals surface area contributed by atoms with Gasteiger partial charge < -0.3 is 9.64 Å². The molecule has 3 aromatic heterocycles. The Bertz CT molecular complexity index is 1260. The molecule has 1 aliphatic rings. The monoisotopic (exact) mass is 425 g/mol. The van der Waals surface area contributed by atoms with Gasteiger partial charge in [-0.05, 0) is 41.0 Å². The van der Waals surface area contributed by atoms with Crippen LogP contribution in [0.15, 0.2) is 84.2 Å². The SMILES string of the molecule is Cn1c(N2CCOC(c3ccc(-c4ccncc4)cc3)C2)nc(-c2ccncc2)cc1=O. The fraction of sp³-hybridized carbons (Fsp3) is 0.200. The standard InChI is InChI=1S/C25H23N5O2/c1-29-24(31)16-22(20-8-12-27-13-9-20)28-25(29)30-14-15-32-23(17-30)21-4-2-18(3-5-21)19-6-10-26-11-7-19/h2-13,16,23H,14-15,17H2,1H3. The van der Waals surface area contributed by atoms with Crippen molar-refractivity contribution in [2.45, 2.75) is 6.10 Å². The summed E-state index contributed by atoms with van der Waals surface area (Å²) in [7, 11) is 1.76. The summed E-state index contributed by atoms with van der Waals surface area (Å²) in [6.45, 7) is 1.85. The topological polar surface area (TPSA) is 73.1 Å². The quantitative estimate of drug-likeness (QED) is 0.498. The van der Waals surface area contributed by atoms with Crippen LogP contribution in [0.1, 0.15) is 11.7 Å². The van der Waals surface area contributed by atoms with Crippen LogP contribution in [0.3, 0.4) is 0 Å². The molecule has 4 heterocycles. The van der Waals surface area contributed by atoms with E-state index in [0.29, 0.717) is 31.3 Å². The summed E-state index contributed by atoms with van der Waals surface area (Å²) in [6.07, 6.45) is 6.89. The van der Waals surface area contributed by atoms with Crippen molar-refractivity contribution < 1.29 is 4.74 Å². The van der Waals surface area contributed by atoms with Crippen LogP contribution in [-0.2, 0) is 11.8 Å². The Labute approximate surface area is 186 Å². The molecule has 1 atom stereocenters. The maximum atomic E-state index is 12.6. The van der Waals surface area contributed by atoms with E-state index >= 15 is 0 Å². The summed E-state index contributed by atoms with van der Waals surface area (Å²) in [4.78, 5) is 27.7. The van der Waals surface area contributed by atoms with Gasteiger partial charge in [-0.3, -0.25) is 19.3 Å². The fourth-order valence-corrected chi connectivity index (χ4v) is 3.95. The highest BCUT2D eigenvalue weighted by Gasteiger charge is 2.25. The Morgan fingerprint density at radius 1 is 0.875 bits per heavy atom. The van der Waals surface area contributed by atoms with Crippen molar-refractivity contribution in [3.8, 4) is 22.4 Å². The molecule has 0 saturated carbocycles. The molecule has 5 rings (SSSR count). The first-order valence-corrected chi connectivity index (χ1v) is 10.5. The first-order chi connectivity index (χ1) is 15.7. The molecule has 7 heteroatoms. The second-order valence-electron chi connectivity index (χ2n) is 7.74. The van der Waals surface area contributed by atoms with E-state index in [4.69, 9.17) is 9.72 Å². The molecule has 0 radical (unpaired) electrons. The number of aromatic nitrogens is 4. The van der Waals surface area contributed by atoms with Gasteiger partial charge in [0.2, 0.25) is 5.95 Å². The van der Waals surface area contributed by atoms with Crippen LogP contribution in [0, 0.1) is 0 Å². The Morgan fingerprint density at radius 2 is 1.50 bits per heavy atom. The number of benzene rings is 1. The summed E-state index contributed by atoms with van der Waals surface area (Å²) in [5.41, 5.74) is 4.79. The molecule has 0 aliphatic carbocycles. The lowest BCUT2D eigenvalue weighted by atomic mass is 10.0. The molecule has 4 aromatic rings. The van der Waals surface area contributed by atoms with E-state index in [9.17, 15) is 4.79 Å². The van der Waals surface area contributed by atoms with Crippen molar-refractivity contribution in [1.82, 2.24) is 19.5 Å². The van der Waals surface area contributed by atoms with Crippen LogP contribution in [0.5, 0.6) is 0 Å². The van der Waals surface area contributed by atoms with Crippen LogP contribution in [-0.4, -0.2) is 39.2 Å². The van der Waals surface area contributed by atoms with E-state index < -0.39 is 0 Å². The minimum Gasteiger partial charge on any atom is -0.370 e. The molecule has 7 nitrogen and oxygen atoms in total. The van der Waals surface area contributed by atoms with Crippen molar-refractivity contribution in [3.63, 3.8) is 0 Å². The Kier molecular flexibility index (Phi) is 5.47. The predicted molar refractivity (Wildman–Crippen MR) is 123 cm³/mol. The molecule has 0 amide bonds. The van der Waals surface area contributed by atoms with Gasteiger partial charge in [-0.2, -0.15) is 0 Å². The van der Waals surface area contributed by atoms with Crippen LogP contribution >= 0.6 is 0 Å². The zero-order valence-corrected chi connectivity index (χ0v) is 17.8. The summed E-state index contributed by atoms with van der Waals surface area (Å²) in [5.74, 6) is 0.644. The van der Waals surface area contributed by atoms with Gasteiger partial charge in [0.25, 0.3) is 5.56 Å². The molecule has 0 N–H and O–H groups in total. The first-order valence-electron chi connectivity index (χ1n) is 10.5. The van der Waals surface area contributed by atoms with Crippen molar-refractivity contribution in [2.24, 2.45) is 7.05 Å². The molecule has 1 fully saturated rings. The lowest BCUT2D eigenvalue weighted by molar-refractivity contribution is 0.0390. The average Bonchev–Trinajstić information content (AvgIpc) is 2.87. The molecule has 1 aliphatic heterocycles. The van der Waals surface area contributed by atoms with Crippen molar-refractivity contribution in [1.29, 1.82) is 0 Å². The number of hydrogen-bond acceptors (Lipinski definition) is 6. The molecule has 0 spiro atoms. The molecule has 0 bridgehead atoms. The van der Waals surface area contributed by atoms with Gasteiger partial charge >= 0.3 is 0 Å². The molecule has 1 unspecified atom stereocenters. The number of pyridine rings is 2. The number of hydrogen-bond donors (Lipinski definition) is 0. The van der Waals surface area contributed by atoms with Gasteiger partial charge in [0, 0.05) is 50.0 Å². The summed E-state index contributed by atoms with van der Waals surface area (Å²) in [5, 5.41) is 0. The first kappa shape index (κ1) is 20.1. The van der Waals surface area contributed by atoms with E-state index in [-0.39, 0.29) is 11.7 Å². The zero-order valence-electron chi connectivity index (χ0n) is 17.8. The van der Waals surface area contributed by atoms with Gasteiger partial charge in [0.1, 0.15) is 6.10 Å². The molecule has 32 heavy (non-hydrogen) atoms. The van der Waals surface area contributed by atoms with Crippen LogP contribution in [0.2, 0.25) is 0 Å². The number of ether oxygens (including phenoxy) is 1. The van der Waals surface area contributed by atoms with E-state index in [1.165, 1.54) is 0 Å². The summed E-state index contributed by atoms with van der Waals surface area (Å²) >= 11 is 0. The number of anilines is 1. The third-order valence-corrected chi connectivity index (χ3v) is 5.73. The molecule has 160 valence electrons. The minimum atomic E-state index is -0.100. The van der Waals surface area contributed by atoms with E-state index in [0.717, 1.165) is 22.3 Å². The van der Waals surface area contributed by atoms with Gasteiger partial charge in [-0.1, -0.05) is 24.3 Å². The maximum absolute atomic E-state index is 12.6. The molecule has 1 aromatic carbocycles. The number of rotatable bonds is 4. The average molecular weight is 425 g/mol. The summed E-state index contributed by atoms with van der Waals surface area (Å²) in [6, 6.07) is 17.7. The second kappa shape index (κ2) is 8.72. The third-order valence-electron chi connectivity index (χ3n) is 5.73. The number of nitrogens with zero attached hydrogens (tertiary/aromatic N) is 5. The van der Waals surface area contributed by atoms with Crippen LogP contribution < -0.4 is 10.5 Å². The normalized spacial score (nSPS) is 16.2. The van der Waals surface area contributed by atoms with Crippen LogP contribution in [0.25, 0.3) is 22.4 Å². The zero-order chi connectivity index (χ0) is 21.9. The molecule has 1 saturated heterocycles. The Morgan fingerprint density at radius 3 is 2.19 bits per heavy atom. The number of morpholine rings is 1. The van der Waals surface area contributed by atoms with Gasteiger partial charge in [-0.15, -0.1) is 0 Å². The highest BCUT2D eigenvalue weighted by Crippen LogP contribution is 2.28. The van der Waals surface area contributed by atoms with Gasteiger partial charge in [0.05, 0.1) is 18.8 Å². The maximum Gasteiger partial charge on any atom is 0.255 e. The van der Waals surface area contributed by atoms with Gasteiger partial charge in [0.15, 0.2) is 0 Å². The van der Waals surface area contributed by atoms with E-state index in [1.54, 1.807) is 42.5 Å². The minimum absolute atomic E-state index is 0.0912. The highest BCUT2D eigenvalue weighted by atomic mass is 16.5.